The van der Waals surface area contributed by atoms with Crippen LogP contribution in [0.15, 0.2) is 51.7 Å². The Morgan fingerprint density at radius 1 is 1.17 bits per heavy atom. The number of aromatic nitrogens is 1. The van der Waals surface area contributed by atoms with Gasteiger partial charge in [0.15, 0.2) is 0 Å². The molecule has 0 radical (unpaired) electrons. The van der Waals surface area contributed by atoms with E-state index < -0.39 is 0 Å². The summed E-state index contributed by atoms with van der Waals surface area (Å²) in [7, 11) is 0. The zero-order valence-corrected chi connectivity index (χ0v) is 13.2. The van der Waals surface area contributed by atoms with E-state index in [0.717, 1.165) is 15.5 Å². The Hall–Kier alpha value is -0.710. The van der Waals surface area contributed by atoms with Gasteiger partial charge in [-0.1, -0.05) is 28.1 Å². The smallest absolute Gasteiger partial charge is 0.0410 e. The summed E-state index contributed by atoms with van der Waals surface area (Å²) in [5.74, 6) is 0. The molecule has 1 aromatic carbocycles. The Labute approximate surface area is 124 Å². The maximum atomic E-state index is 4.15. The third kappa shape index (κ3) is 3.90. The molecule has 2 nitrogen and oxygen atoms in total. The van der Waals surface area contributed by atoms with Gasteiger partial charge in [-0.05, 0) is 52.2 Å². The van der Waals surface area contributed by atoms with Gasteiger partial charge in [0.2, 0.25) is 0 Å². The van der Waals surface area contributed by atoms with E-state index >= 15 is 0 Å². The van der Waals surface area contributed by atoms with Crippen molar-refractivity contribution in [1.82, 2.24) is 10.3 Å². The van der Waals surface area contributed by atoms with Crippen LogP contribution in [-0.2, 0) is 6.54 Å². The normalized spacial score (nSPS) is 12.4. The van der Waals surface area contributed by atoms with Gasteiger partial charge in [0, 0.05) is 33.9 Å². The first-order valence-electron chi connectivity index (χ1n) is 5.73. The topological polar surface area (TPSA) is 24.9 Å². The lowest BCUT2D eigenvalue weighted by atomic mass is 10.1. The summed E-state index contributed by atoms with van der Waals surface area (Å²) in [6.07, 6.45) is 3.67. The van der Waals surface area contributed by atoms with Crippen molar-refractivity contribution in [3.8, 4) is 0 Å². The summed E-state index contributed by atoms with van der Waals surface area (Å²) in [6.45, 7) is 2.97. The predicted molar refractivity (Wildman–Crippen MR) is 81.3 cm³/mol. The van der Waals surface area contributed by atoms with Gasteiger partial charge < -0.3 is 5.32 Å². The maximum absolute atomic E-state index is 4.15. The van der Waals surface area contributed by atoms with Crippen LogP contribution in [0.4, 0.5) is 0 Å². The van der Waals surface area contributed by atoms with Gasteiger partial charge in [-0.25, -0.2) is 0 Å². The lowest BCUT2D eigenvalue weighted by Crippen LogP contribution is -2.18. The van der Waals surface area contributed by atoms with Crippen molar-refractivity contribution in [3.63, 3.8) is 0 Å². The SMILES string of the molecule is C[C@@H](NCc1cncc(Br)c1)c1cccc(Br)c1. The zero-order chi connectivity index (χ0) is 13.0. The Balaban J connectivity index is 1.98. The zero-order valence-electron chi connectivity index (χ0n) is 10.0. The number of hydrogen-bond donors (Lipinski definition) is 1. The van der Waals surface area contributed by atoms with Gasteiger partial charge in [0.25, 0.3) is 0 Å². The van der Waals surface area contributed by atoms with Crippen molar-refractivity contribution >= 4 is 31.9 Å². The van der Waals surface area contributed by atoms with Crippen molar-refractivity contribution in [2.75, 3.05) is 0 Å². The highest BCUT2D eigenvalue weighted by molar-refractivity contribution is 9.10. The largest absolute Gasteiger partial charge is 0.306 e. The highest BCUT2D eigenvalue weighted by Gasteiger charge is 2.05. The molecule has 1 N–H and O–H groups in total. The van der Waals surface area contributed by atoms with Gasteiger partial charge in [-0.3, -0.25) is 4.98 Å². The average molecular weight is 370 g/mol. The Morgan fingerprint density at radius 3 is 2.72 bits per heavy atom. The highest BCUT2D eigenvalue weighted by Crippen LogP contribution is 2.18. The first kappa shape index (κ1) is 13.7. The molecular formula is C14H14Br2N2. The molecule has 0 fully saturated rings. The first-order chi connectivity index (χ1) is 8.65. The summed E-state index contributed by atoms with van der Waals surface area (Å²) in [4.78, 5) is 4.15. The monoisotopic (exact) mass is 368 g/mol. The second-order valence-electron chi connectivity index (χ2n) is 4.17. The number of hydrogen-bond acceptors (Lipinski definition) is 2. The molecule has 2 rings (SSSR count). The van der Waals surface area contributed by atoms with Gasteiger partial charge in [-0.15, -0.1) is 0 Å². The molecule has 0 aliphatic rings. The molecule has 0 aliphatic carbocycles. The van der Waals surface area contributed by atoms with Crippen LogP contribution in [0, 0.1) is 0 Å². The molecule has 0 bridgehead atoms. The van der Waals surface area contributed by atoms with Gasteiger partial charge >= 0.3 is 0 Å². The van der Waals surface area contributed by atoms with Crippen molar-refractivity contribution in [2.45, 2.75) is 19.5 Å². The van der Waals surface area contributed by atoms with Crippen molar-refractivity contribution in [3.05, 3.63) is 62.8 Å². The van der Waals surface area contributed by atoms with E-state index in [-0.39, 0.29) is 0 Å². The first-order valence-corrected chi connectivity index (χ1v) is 7.32. The standard InChI is InChI=1S/C14H14Br2N2/c1-10(12-3-2-4-13(15)6-12)18-8-11-5-14(16)9-17-7-11/h2-7,9-10,18H,8H2,1H3/t10-/m1/s1. The fourth-order valence-corrected chi connectivity index (χ4v) is 2.55. The van der Waals surface area contributed by atoms with E-state index in [1.807, 2.05) is 12.3 Å². The van der Waals surface area contributed by atoms with Crippen LogP contribution >= 0.6 is 31.9 Å². The molecule has 0 amide bonds. The molecule has 0 spiro atoms. The van der Waals surface area contributed by atoms with E-state index in [4.69, 9.17) is 0 Å². The Bertz CT molecular complexity index is 529. The van der Waals surface area contributed by atoms with Crippen LogP contribution < -0.4 is 5.32 Å². The molecule has 2 aromatic rings. The van der Waals surface area contributed by atoms with Gasteiger partial charge in [-0.2, -0.15) is 0 Å². The second kappa shape index (κ2) is 6.45. The van der Waals surface area contributed by atoms with Crippen LogP contribution in [0.3, 0.4) is 0 Å². The minimum Gasteiger partial charge on any atom is -0.306 e. The summed E-state index contributed by atoms with van der Waals surface area (Å²) in [5.41, 5.74) is 2.44. The Morgan fingerprint density at radius 2 is 2.00 bits per heavy atom. The Kier molecular flexibility index (Phi) is 4.92. The molecule has 1 atom stereocenters. The van der Waals surface area contributed by atoms with E-state index in [2.05, 4.69) is 73.3 Å². The summed E-state index contributed by atoms with van der Waals surface area (Å²) >= 11 is 6.92. The van der Waals surface area contributed by atoms with Crippen LogP contribution in [0.5, 0.6) is 0 Å². The number of nitrogens with zero attached hydrogens (tertiary/aromatic N) is 1. The molecule has 94 valence electrons. The number of nitrogens with one attached hydrogen (secondary N) is 1. The summed E-state index contributed by atoms with van der Waals surface area (Å²) in [5, 5.41) is 3.49. The van der Waals surface area contributed by atoms with E-state index in [9.17, 15) is 0 Å². The van der Waals surface area contributed by atoms with E-state index in [1.165, 1.54) is 11.1 Å². The second-order valence-corrected chi connectivity index (χ2v) is 6.00. The minimum atomic E-state index is 0.307. The molecule has 4 heteroatoms. The lowest BCUT2D eigenvalue weighted by molar-refractivity contribution is 0.573. The molecule has 1 heterocycles. The number of benzene rings is 1. The molecule has 0 aliphatic heterocycles. The van der Waals surface area contributed by atoms with Crippen LogP contribution in [0.2, 0.25) is 0 Å². The summed E-state index contributed by atoms with van der Waals surface area (Å²) < 4.78 is 2.12. The number of pyridine rings is 1. The summed E-state index contributed by atoms with van der Waals surface area (Å²) in [6, 6.07) is 10.7. The lowest BCUT2D eigenvalue weighted by Gasteiger charge is -2.14. The third-order valence-electron chi connectivity index (χ3n) is 2.72. The maximum Gasteiger partial charge on any atom is 0.0410 e. The van der Waals surface area contributed by atoms with E-state index in [1.54, 1.807) is 6.20 Å². The molecule has 1 aromatic heterocycles. The number of rotatable bonds is 4. The fraction of sp³-hybridized carbons (Fsp3) is 0.214. The minimum absolute atomic E-state index is 0.307. The average Bonchev–Trinajstić information content (AvgIpc) is 2.36. The molecule has 0 saturated heterocycles. The quantitative estimate of drug-likeness (QED) is 0.860. The van der Waals surface area contributed by atoms with E-state index in [0.29, 0.717) is 6.04 Å². The molecular weight excluding hydrogens is 356 g/mol. The van der Waals surface area contributed by atoms with Crippen molar-refractivity contribution < 1.29 is 0 Å². The predicted octanol–water partition coefficient (Wildman–Crippen LogP) is 4.46. The molecule has 0 saturated carbocycles. The highest BCUT2D eigenvalue weighted by atomic mass is 79.9. The number of halogens is 2. The fourth-order valence-electron chi connectivity index (χ4n) is 1.72. The van der Waals surface area contributed by atoms with Crippen molar-refractivity contribution in [2.24, 2.45) is 0 Å². The van der Waals surface area contributed by atoms with Crippen LogP contribution in [0.25, 0.3) is 0 Å². The third-order valence-corrected chi connectivity index (χ3v) is 3.65. The van der Waals surface area contributed by atoms with Crippen LogP contribution in [-0.4, -0.2) is 4.98 Å². The molecule has 0 unspecified atom stereocenters. The van der Waals surface area contributed by atoms with Gasteiger partial charge in [0.05, 0.1) is 0 Å². The van der Waals surface area contributed by atoms with Crippen LogP contribution in [0.1, 0.15) is 24.1 Å². The van der Waals surface area contributed by atoms with Gasteiger partial charge in [0.1, 0.15) is 0 Å². The molecule has 18 heavy (non-hydrogen) atoms. The van der Waals surface area contributed by atoms with Crippen molar-refractivity contribution in [1.29, 1.82) is 0 Å².